The molecule has 0 spiro atoms. The van der Waals surface area contributed by atoms with E-state index >= 15 is 0 Å². The number of aromatic nitrogens is 4. The zero-order chi connectivity index (χ0) is 18.5. The number of nitrogens with zero attached hydrogens (tertiary/aromatic N) is 6. The molecule has 4 rings (SSSR count). The number of benzene rings is 1. The van der Waals surface area contributed by atoms with Crippen LogP contribution in [0, 0.1) is 0 Å². The lowest BCUT2D eigenvalue weighted by atomic mass is 10.1. The van der Waals surface area contributed by atoms with Crippen molar-refractivity contribution in [2.45, 2.75) is 13.3 Å². The summed E-state index contributed by atoms with van der Waals surface area (Å²) in [6.07, 6.45) is 4.46. The molecule has 0 unspecified atom stereocenters. The Morgan fingerprint density at radius 3 is 2.52 bits per heavy atom. The van der Waals surface area contributed by atoms with Gasteiger partial charge in [0.05, 0.1) is 6.20 Å². The van der Waals surface area contributed by atoms with Crippen molar-refractivity contribution in [1.82, 2.24) is 20.2 Å². The van der Waals surface area contributed by atoms with Gasteiger partial charge in [0.1, 0.15) is 5.82 Å². The van der Waals surface area contributed by atoms with Gasteiger partial charge >= 0.3 is 0 Å². The van der Waals surface area contributed by atoms with Crippen molar-refractivity contribution in [2.24, 2.45) is 0 Å². The maximum atomic E-state index is 4.67. The summed E-state index contributed by atoms with van der Waals surface area (Å²) >= 11 is 0. The minimum atomic E-state index is 0.662. The average molecular weight is 361 g/mol. The predicted octanol–water partition coefficient (Wildman–Crippen LogP) is 2.90. The number of aryl methyl sites for hydroxylation is 1. The van der Waals surface area contributed by atoms with Gasteiger partial charge in [0, 0.05) is 38.1 Å². The first-order chi connectivity index (χ1) is 13.3. The predicted molar refractivity (Wildman–Crippen MR) is 108 cm³/mol. The number of piperazine rings is 1. The number of pyridine rings is 1. The summed E-state index contributed by atoms with van der Waals surface area (Å²) in [7, 11) is 0. The van der Waals surface area contributed by atoms with Crippen LogP contribution < -0.4 is 15.1 Å². The van der Waals surface area contributed by atoms with E-state index in [0.717, 1.165) is 44.1 Å². The highest BCUT2D eigenvalue weighted by Crippen LogP contribution is 2.21. The lowest BCUT2D eigenvalue weighted by Gasteiger charge is -2.35. The van der Waals surface area contributed by atoms with Crippen molar-refractivity contribution in [2.75, 3.05) is 41.3 Å². The van der Waals surface area contributed by atoms with Gasteiger partial charge in [-0.2, -0.15) is 10.1 Å². The number of rotatable bonds is 5. The molecule has 1 aromatic carbocycles. The molecule has 0 amide bonds. The number of para-hydroxylation sites is 1. The van der Waals surface area contributed by atoms with Crippen molar-refractivity contribution < 1.29 is 0 Å². The minimum absolute atomic E-state index is 0.662. The molecule has 0 saturated carbocycles. The van der Waals surface area contributed by atoms with Crippen LogP contribution in [0.4, 0.5) is 23.3 Å². The minimum Gasteiger partial charge on any atom is -0.353 e. The Labute approximate surface area is 159 Å². The topological polar surface area (TPSA) is 70.1 Å². The van der Waals surface area contributed by atoms with Crippen LogP contribution in [0.5, 0.6) is 0 Å². The van der Waals surface area contributed by atoms with Crippen LogP contribution in [0.25, 0.3) is 0 Å². The molecule has 1 N–H and O–H groups in total. The van der Waals surface area contributed by atoms with Crippen molar-refractivity contribution in [3.05, 3.63) is 60.4 Å². The summed E-state index contributed by atoms with van der Waals surface area (Å²) in [6.45, 7) is 5.60. The molecular weight excluding hydrogens is 338 g/mol. The summed E-state index contributed by atoms with van der Waals surface area (Å²) in [4.78, 5) is 13.6. The summed E-state index contributed by atoms with van der Waals surface area (Å²) < 4.78 is 0. The van der Waals surface area contributed by atoms with E-state index in [9.17, 15) is 0 Å². The van der Waals surface area contributed by atoms with Gasteiger partial charge in [-0.3, -0.25) is 0 Å². The van der Waals surface area contributed by atoms with Crippen LogP contribution in [-0.2, 0) is 6.42 Å². The second-order valence-corrected chi connectivity index (χ2v) is 6.44. The van der Waals surface area contributed by atoms with Gasteiger partial charge in [-0.1, -0.05) is 31.2 Å². The van der Waals surface area contributed by atoms with Gasteiger partial charge in [0.2, 0.25) is 5.95 Å². The van der Waals surface area contributed by atoms with Crippen molar-refractivity contribution >= 4 is 23.3 Å². The van der Waals surface area contributed by atoms with E-state index in [4.69, 9.17) is 0 Å². The smallest absolute Gasteiger partial charge is 0.247 e. The highest BCUT2D eigenvalue weighted by Gasteiger charge is 2.20. The molecule has 0 bridgehead atoms. The molecule has 7 heteroatoms. The Kier molecular flexibility index (Phi) is 5.09. The highest BCUT2D eigenvalue weighted by atomic mass is 15.4. The molecule has 27 heavy (non-hydrogen) atoms. The molecule has 1 saturated heterocycles. The van der Waals surface area contributed by atoms with E-state index in [1.54, 1.807) is 6.20 Å². The summed E-state index contributed by atoms with van der Waals surface area (Å²) in [5.41, 5.74) is 2.31. The largest absolute Gasteiger partial charge is 0.353 e. The van der Waals surface area contributed by atoms with Crippen LogP contribution in [0.2, 0.25) is 0 Å². The van der Waals surface area contributed by atoms with Crippen LogP contribution in [0.15, 0.2) is 54.9 Å². The summed E-state index contributed by atoms with van der Waals surface area (Å²) in [6, 6.07) is 14.3. The van der Waals surface area contributed by atoms with Gasteiger partial charge in [-0.05, 0) is 30.2 Å². The van der Waals surface area contributed by atoms with E-state index in [1.807, 2.05) is 30.5 Å². The van der Waals surface area contributed by atoms with Gasteiger partial charge in [-0.15, -0.1) is 5.10 Å². The lowest BCUT2D eigenvalue weighted by molar-refractivity contribution is 0.630. The molecule has 3 aromatic rings. The Morgan fingerprint density at radius 2 is 1.74 bits per heavy atom. The zero-order valence-corrected chi connectivity index (χ0v) is 15.4. The van der Waals surface area contributed by atoms with Crippen LogP contribution in [0.1, 0.15) is 12.5 Å². The zero-order valence-electron chi connectivity index (χ0n) is 15.4. The molecule has 0 aliphatic carbocycles. The Morgan fingerprint density at radius 1 is 0.963 bits per heavy atom. The standard InChI is InChI=1S/C20H23N7/c1-2-16-7-3-4-8-17(16)23-18-15-22-25-20(24-18)27-13-11-26(12-14-27)19-9-5-6-10-21-19/h3-10,15H,2,11-14H2,1H3,(H,23,24,25). The van der Waals surface area contributed by atoms with Gasteiger partial charge < -0.3 is 15.1 Å². The van der Waals surface area contributed by atoms with Gasteiger partial charge in [0.25, 0.3) is 0 Å². The summed E-state index contributed by atoms with van der Waals surface area (Å²) in [5.74, 6) is 2.39. The maximum Gasteiger partial charge on any atom is 0.247 e. The van der Waals surface area contributed by atoms with Crippen LogP contribution in [-0.4, -0.2) is 46.3 Å². The fourth-order valence-corrected chi connectivity index (χ4v) is 3.25. The lowest BCUT2D eigenvalue weighted by Crippen LogP contribution is -2.47. The monoisotopic (exact) mass is 361 g/mol. The third kappa shape index (κ3) is 3.97. The normalized spacial score (nSPS) is 14.3. The quantitative estimate of drug-likeness (QED) is 0.749. The van der Waals surface area contributed by atoms with Crippen molar-refractivity contribution in [3.63, 3.8) is 0 Å². The van der Waals surface area contributed by atoms with E-state index in [0.29, 0.717) is 11.8 Å². The molecule has 0 radical (unpaired) electrons. The Bertz CT molecular complexity index is 876. The van der Waals surface area contributed by atoms with E-state index in [1.165, 1.54) is 5.56 Å². The average Bonchev–Trinajstić information content (AvgIpc) is 2.75. The first-order valence-electron chi connectivity index (χ1n) is 9.29. The fraction of sp³-hybridized carbons (Fsp3) is 0.300. The second kappa shape index (κ2) is 7.99. The molecule has 1 fully saturated rings. The van der Waals surface area contributed by atoms with Crippen molar-refractivity contribution in [3.8, 4) is 0 Å². The number of nitrogens with one attached hydrogen (secondary N) is 1. The molecular formula is C20H23N7. The Hall–Kier alpha value is -3.22. The highest BCUT2D eigenvalue weighted by molar-refractivity contribution is 5.60. The van der Waals surface area contributed by atoms with E-state index in [-0.39, 0.29) is 0 Å². The Balaban J connectivity index is 1.44. The maximum absolute atomic E-state index is 4.67. The number of hydrogen-bond donors (Lipinski definition) is 1. The molecule has 0 atom stereocenters. The first kappa shape index (κ1) is 17.2. The van der Waals surface area contributed by atoms with Gasteiger partial charge in [0.15, 0.2) is 5.82 Å². The fourth-order valence-electron chi connectivity index (χ4n) is 3.25. The number of anilines is 4. The molecule has 1 aliphatic heterocycles. The molecule has 138 valence electrons. The second-order valence-electron chi connectivity index (χ2n) is 6.44. The molecule has 2 aromatic heterocycles. The van der Waals surface area contributed by atoms with Crippen LogP contribution >= 0.6 is 0 Å². The van der Waals surface area contributed by atoms with E-state index in [2.05, 4.69) is 60.4 Å². The SMILES string of the molecule is CCc1ccccc1Nc1cnnc(N2CCN(c3ccccn3)CC2)n1. The summed E-state index contributed by atoms with van der Waals surface area (Å²) in [5, 5.41) is 11.8. The molecule has 3 heterocycles. The molecule has 1 aliphatic rings. The third-order valence-corrected chi connectivity index (χ3v) is 4.74. The van der Waals surface area contributed by atoms with Gasteiger partial charge in [-0.25, -0.2) is 4.98 Å². The number of hydrogen-bond acceptors (Lipinski definition) is 7. The third-order valence-electron chi connectivity index (χ3n) is 4.74. The van der Waals surface area contributed by atoms with Crippen molar-refractivity contribution in [1.29, 1.82) is 0 Å². The molecule has 7 nitrogen and oxygen atoms in total. The van der Waals surface area contributed by atoms with Crippen LogP contribution in [0.3, 0.4) is 0 Å². The first-order valence-corrected chi connectivity index (χ1v) is 9.29. The van der Waals surface area contributed by atoms with E-state index < -0.39 is 0 Å².